The van der Waals surface area contributed by atoms with Gasteiger partial charge in [0.15, 0.2) is 5.43 Å². The van der Waals surface area contributed by atoms with Crippen molar-refractivity contribution in [2.24, 2.45) is 0 Å². The summed E-state index contributed by atoms with van der Waals surface area (Å²) in [4.78, 5) is 12.7. The molecule has 5 atom stereocenters. The maximum Gasteiger partial charge on any atom is 0.197 e. The number of rotatable bonds is 3. The average molecular weight is 416 g/mol. The van der Waals surface area contributed by atoms with Gasteiger partial charge in [0.05, 0.1) is 12.2 Å². The fraction of sp³-hybridized carbons (Fsp3) is 0.286. The van der Waals surface area contributed by atoms with E-state index in [1.54, 1.807) is 30.3 Å². The molecule has 1 aromatic heterocycles. The maximum absolute atomic E-state index is 12.7. The fourth-order valence-corrected chi connectivity index (χ4v) is 3.67. The number of benzene rings is 2. The van der Waals surface area contributed by atoms with E-state index in [2.05, 4.69) is 0 Å². The van der Waals surface area contributed by atoms with E-state index < -0.39 is 54.1 Å². The van der Waals surface area contributed by atoms with Crippen LogP contribution in [0.2, 0.25) is 0 Å². The smallest absolute Gasteiger partial charge is 0.197 e. The van der Waals surface area contributed by atoms with Gasteiger partial charge in [0.25, 0.3) is 0 Å². The molecule has 9 heteroatoms. The summed E-state index contributed by atoms with van der Waals surface area (Å²) in [6.07, 6.45) is -7.83. The molecule has 0 aliphatic carbocycles. The van der Waals surface area contributed by atoms with Gasteiger partial charge in [-0.1, -0.05) is 30.3 Å². The van der Waals surface area contributed by atoms with Gasteiger partial charge in [0.1, 0.15) is 58.7 Å². The number of fused-ring (bicyclic) bond motifs is 1. The number of phenolic OH excluding ortho intramolecular Hbond substituents is 2. The standard InChI is InChI=1S/C21H20O9/c22-8-14-17(25)19(27)20(28)21(30-14)16-11(24)7-13-15(18(16)26)10(23)6-12(29-13)9-4-2-1-3-5-9/h1-7,14,17,19-22,24-28H,8H2. The Morgan fingerprint density at radius 1 is 0.933 bits per heavy atom. The third-order valence-electron chi connectivity index (χ3n) is 5.25. The first-order valence-electron chi connectivity index (χ1n) is 9.22. The number of aromatic hydroxyl groups is 2. The van der Waals surface area contributed by atoms with Crippen LogP contribution in [0.15, 0.2) is 51.7 Å². The molecule has 1 saturated heterocycles. The Kier molecular flexibility index (Phi) is 5.22. The van der Waals surface area contributed by atoms with Crippen LogP contribution in [0.4, 0.5) is 0 Å². The first kappa shape index (κ1) is 20.3. The zero-order valence-electron chi connectivity index (χ0n) is 15.5. The zero-order valence-corrected chi connectivity index (χ0v) is 15.5. The third-order valence-corrected chi connectivity index (χ3v) is 5.25. The quantitative estimate of drug-likeness (QED) is 0.355. The molecule has 1 aliphatic rings. The molecule has 1 fully saturated rings. The lowest BCUT2D eigenvalue weighted by Crippen LogP contribution is -2.55. The van der Waals surface area contributed by atoms with E-state index in [1.165, 1.54) is 6.07 Å². The summed E-state index contributed by atoms with van der Waals surface area (Å²) in [5.41, 5.74) is -0.434. The fourth-order valence-electron chi connectivity index (χ4n) is 3.67. The Balaban J connectivity index is 1.87. The molecule has 2 aromatic carbocycles. The van der Waals surface area contributed by atoms with Crippen molar-refractivity contribution < 1.29 is 39.8 Å². The monoisotopic (exact) mass is 416 g/mol. The summed E-state index contributed by atoms with van der Waals surface area (Å²) >= 11 is 0. The van der Waals surface area contributed by atoms with Gasteiger partial charge in [-0.2, -0.15) is 0 Å². The summed E-state index contributed by atoms with van der Waals surface area (Å²) in [6, 6.07) is 11.1. The highest BCUT2D eigenvalue weighted by atomic mass is 16.5. The Morgan fingerprint density at radius 2 is 1.63 bits per heavy atom. The van der Waals surface area contributed by atoms with Crippen molar-refractivity contribution in [2.75, 3.05) is 6.61 Å². The maximum atomic E-state index is 12.7. The van der Waals surface area contributed by atoms with E-state index in [9.17, 15) is 35.4 Å². The van der Waals surface area contributed by atoms with Crippen LogP contribution in [-0.4, -0.2) is 61.7 Å². The van der Waals surface area contributed by atoms with Crippen LogP contribution in [0.25, 0.3) is 22.3 Å². The molecular weight excluding hydrogens is 396 g/mol. The minimum absolute atomic E-state index is 0.0929. The van der Waals surface area contributed by atoms with Gasteiger partial charge in [0.2, 0.25) is 0 Å². The molecule has 30 heavy (non-hydrogen) atoms. The summed E-state index contributed by atoms with van der Waals surface area (Å²) < 4.78 is 11.1. The summed E-state index contributed by atoms with van der Waals surface area (Å²) in [7, 11) is 0. The van der Waals surface area contributed by atoms with Gasteiger partial charge in [-0.25, -0.2) is 0 Å². The van der Waals surface area contributed by atoms with Crippen LogP contribution in [-0.2, 0) is 4.74 Å². The molecular formula is C21H20O9. The largest absolute Gasteiger partial charge is 0.507 e. The lowest BCUT2D eigenvalue weighted by molar-refractivity contribution is -0.232. The molecule has 0 radical (unpaired) electrons. The molecule has 0 amide bonds. The lowest BCUT2D eigenvalue weighted by Gasteiger charge is -2.40. The molecule has 1 aliphatic heterocycles. The van der Waals surface area contributed by atoms with Crippen molar-refractivity contribution in [3.8, 4) is 22.8 Å². The molecule has 3 aromatic rings. The van der Waals surface area contributed by atoms with Gasteiger partial charge < -0.3 is 39.8 Å². The minimum Gasteiger partial charge on any atom is -0.507 e. The van der Waals surface area contributed by atoms with Gasteiger partial charge in [-0.15, -0.1) is 0 Å². The third kappa shape index (κ3) is 3.22. The number of hydrogen-bond acceptors (Lipinski definition) is 9. The van der Waals surface area contributed by atoms with E-state index in [4.69, 9.17) is 9.15 Å². The molecule has 6 N–H and O–H groups in total. The number of ether oxygens (including phenoxy) is 1. The number of hydrogen-bond donors (Lipinski definition) is 6. The van der Waals surface area contributed by atoms with Crippen molar-refractivity contribution in [3.63, 3.8) is 0 Å². The Bertz CT molecular complexity index is 1120. The van der Waals surface area contributed by atoms with Crippen LogP contribution < -0.4 is 5.43 Å². The zero-order chi connectivity index (χ0) is 21.6. The van der Waals surface area contributed by atoms with Crippen LogP contribution >= 0.6 is 0 Å². The van der Waals surface area contributed by atoms with E-state index in [1.807, 2.05) is 0 Å². The van der Waals surface area contributed by atoms with Crippen LogP contribution in [0, 0.1) is 0 Å². The highest BCUT2D eigenvalue weighted by Gasteiger charge is 2.46. The molecule has 0 bridgehead atoms. The van der Waals surface area contributed by atoms with Gasteiger partial charge >= 0.3 is 0 Å². The van der Waals surface area contributed by atoms with Crippen LogP contribution in [0.3, 0.4) is 0 Å². The van der Waals surface area contributed by atoms with Gasteiger partial charge in [-0.3, -0.25) is 4.79 Å². The second-order valence-electron chi connectivity index (χ2n) is 7.12. The molecule has 158 valence electrons. The van der Waals surface area contributed by atoms with E-state index in [0.29, 0.717) is 5.56 Å². The highest BCUT2D eigenvalue weighted by molar-refractivity contribution is 5.88. The van der Waals surface area contributed by atoms with E-state index >= 15 is 0 Å². The predicted octanol–water partition coefficient (Wildman–Crippen LogP) is 0.386. The molecule has 9 nitrogen and oxygen atoms in total. The van der Waals surface area contributed by atoms with Crippen LogP contribution in [0.5, 0.6) is 11.5 Å². The number of aliphatic hydroxyl groups is 4. The number of aliphatic hydroxyl groups excluding tert-OH is 4. The van der Waals surface area contributed by atoms with Gasteiger partial charge in [-0.05, 0) is 0 Å². The van der Waals surface area contributed by atoms with Crippen LogP contribution in [0.1, 0.15) is 11.7 Å². The number of phenols is 2. The second-order valence-corrected chi connectivity index (χ2v) is 7.12. The average Bonchev–Trinajstić information content (AvgIpc) is 2.73. The minimum atomic E-state index is -1.74. The second kappa shape index (κ2) is 7.71. The summed E-state index contributed by atoms with van der Waals surface area (Å²) in [5.74, 6) is -1.02. The Hall–Kier alpha value is -2.95. The predicted molar refractivity (Wildman–Crippen MR) is 104 cm³/mol. The molecule has 5 unspecified atom stereocenters. The highest BCUT2D eigenvalue weighted by Crippen LogP contribution is 2.44. The summed E-state index contributed by atoms with van der Waals surface area (Å²) in [5, 5.41) is 60.6. The topological polar surface area (TPSA) is 161 Å². The van der Waals surface area contributed by atoms with E-state index in [0.717, 1.165) is 6.07 Å². The first-order valence-corrected chi connectivity index (χ1v) is 9.22. The first-order chi connectivity index (χ1) is 14.3. The molecule has 4 rings (SSSR count). The van der Waals surface area contributed by atoms with Crippen molar-refractivity contribution in [2.45, 2.75) is 30.5 Å². The normalized spacial score (nSPS) is 26.7. The summed E-state index contributed by atoms with van der Waals surface area (Å²) in [6.45, 7) is -0.681. The van der Waals surface area contributed by atoms with Crippen molar-refractivity contribution in [1.29, 1.82) is 0 Å². The Morgan fingerprint density at radius 3 is 2.30 bits per heavy atom. The molecule has 0 saturated carbocycles. The van der Waals surface area contributed by atoms with Gasteiger partial charge in [0, 0.05) is 17.7 Å². The lowest BCUT2D eigenvalue weighted by atomic mass is 9.89. The molecule has 0 spiro atoms. The Labute approximate surface area is 169 Å². The van der Waals surface area contributed by atoms with E-state index in [-0.39, 0.29) is 22.3 Å². The van der Waals surface area contributed by atoms with Crippen molar-refractivity contribution >= 4 is 11.0 Å². The SMILES string of the molecule is O=c1cc(-c2ccccc2)oc2cc(O)c(C3OC(CO)C(O)C(O)C3O)c(O)c12. The van der Waals surface area contributed by atoms with Crippen molar-refractivity contribution in [1.82, 2.24) is 0 Å². The van der Waals surface area contributed by atoms with Crippen molar-refractivity contribution in [3.05, 3.63) is 58.3 Å². The molecule has 2 heterocycles.